The second kappa shape index (κ2) is 12.7. The third kappa shape index (κ3) is 5.32. The number of para-hydroxylation sites is 1. The van der Waals surface area contributed by atoms with Crippen LogP contribution < -0.4 is 0 Å². The molecule has 0 saturated carbocycles. The van der Waals surface area contributed by atoms with Gasteiger partial charge in [0.25, 0.3) is 0 Å². The Balaban J connectivity index is 0.948. The Morgan fingerprint density at radius 2 is 0.491 bits per heavy atom. The average Bonchev–Trinajstić information content (AvgIpc) is 3.79. The zero-order valence-electron chi connectivity index (χ0n) is 30.2. The molecule has 11 aromatic rings. The first-order valence-corrected chi connectivity index (χ1v) is 19.0. The van der Waals surface area contributed by atoms with Gasteiger partial charge in [0.2, 0.25) is 0 Å². The summed E-state index contributed by atoms with van der Waals surface area (Å²) in [5.41, 5.74) is 18.5. The van der Waals surface area contributed by atoms with E-state index in [4.69, 9.17) is 0 Å². The van der Waals surface area contributed by atoms with E-state index in [-0.39, 0.29) is 0 Å². The second-order valence-corrected chi connectivity index (χ2v) is 14.6. The molecule has 0 amide bonds. The zero-order valence-corrected chi connectivity index (χ0v) is 30.2. The van der Waals surface area contributed by atoms with Crippen molar-refractivity contribution in [3.8, 4) is 66.8 Å². The van der Waals surface area contributed by atoms with Crippen LogP contribution in [0.15, 0.2) is 212 Å². The molecular weight excluding hydrogens is 663 g/mol. The van der Waals surface area contributed by atoms with Crippen molar-refractivity contribution in [3.63, 3.8) is 0 Å². The van der Waals surface area contributed by atoms with E-state index in [1.165, 1.54) is 105 Å². The lowest BCUT2D eigenvalue weighted by Gasteiger charge is -2.10. The average molecular weight is 698 g/mol. The minimum atomic E-state index is 1.21. The molecule has 2 heterocycles. The molecule has 1 heteroatoms. The minimum Gasteiger partial charge on any atom is -0.308 e. The molecule has 256 valence electrons. The summed E-state index contributed by atoms with van der Waals surface area (Å²) >= 11 is 0. The van der Waals surface area contributed by atoms with E-state index < -0.39 is 0 Å². The third-order valence-corrected chi connectivity index (χ3v) is 11.3. The van der Waals surface area contributed by atoms with Crippen LogP contribution in [0.25, 0.3) is 105 Å². The van der Waals surface area contributed by atoms with Crippen LogP contribution in [0.5, 0.6) is 0 Å². The van der Waals surface area contributed by atoms with Crippen molar-refractivity contribution in [2.75, 3.05) is 0 Å². The highest BCUT2D eigenvalue weighted by molar-refractivity contribution is 6.24. The van der Waals surface area contributed by atoms with Crippen LogP contribution in [0.4, 0.5) is 0 Å². The quantitative estimate of drug-likeness (QED) is 0.163. The monoisotopic (exact) mass is 697 g/mol. The molecule has 0 aliphatic carbocycles. The molecular formula is C54H35N. The van der Waals surface area contributed by atoms with E-state index in [2.05, 4.69) is 217 Å². The lowest BCUT2D eigenvalue weighted by molar-refractivity contribution is 1.37. The summed E-state index contributed by atoms with van der Waals surface area (Å²) in [6.07, 6.45) is 0. The fraction of sp³-hybridized carbons (Fsp3) is 0. The fourth-order valence-corrected chi connectivity index (χ4v) is 8.59. The van der Waals surface area contributed by atoms with E-state index in [0.717, 1.165) is 0 Å². The third-order valence-electron chi connectivity index (χ3n) is 11.3. The van der Waals surface area contributed by atoms with E-state index in [1.807, 2.05) is 0 Å². The van der Waals surface area contributed by atoms with E-state index in [1.54, 1.807) is 0 Å². The van der Waals surface area contributed by atoms with Crippen LogP contribution in [0.3, 0.4) is 0 Å². The topological polar surface area (TPSA) is 4.41 Å². The lowest BCUT2D eigenvalue weighted by atomic mass is 9.95. The molecule has 9 aromatic carbocycles. The highest BCUT2D eigenvalue weighted by Crippen LogP contribution is 2.42. The first-order chi connectivity index (χ1) is 27.2. The molecule has 0 N–H and O–H groups in total. The fourth-order valence-electron chi connectivity index (χ4n) is 8.59. The number of rotatable bonds is 6. The first kappa shape index (κ1) is 31.3. The predicted octanol–water partition coefficient (Wildman–Crippen LogP) is 14.8. The zero-order chi connectivity index (χ0) is 36.3. The summed E-state index contributed by atoms with van der Waals surface area (Å²) in [4.78, 5) is 0. The Morgan fingerprint density at radius 3 is 0.927 bits per heavy atom. The molecule has 0 atom stereocenters. The molecule has 0 bridgehead atoms. The van der Waals surface area contributed by atoms with Crippen molar-refractivity contribution in [2.24, 2.45) is 0 Å². The Hall–Kier alpha value is -7.22. The highest BCUT2D eigenvalue weighted by atomic mass is 14.9. The molecule has 0 fully saturated rings. The summed E-state index contributed by atoms with van der Waals surface area (Å²) in [6, 6.07) is 77.6. The van der Waals surface area contributed by atoms with Crippen LogP contribution >= 0.6 is 0 Å². The normalized spacial score (nSPS) is 11.6. The summed E-state index contributed by atoms with van der Waals surface area (Å²) in [5.74, 6) is 0. The molecule has 11 rings (SSSR count). The molecule has 1 nitrogen and oxygen atoms in total. The summed E-state index contributed by atoms with van der Waals surface area (Å²) in [5, 5.41) is 5.16. The maximum Gasteiger partial charge on any atom is 0.0620 e. The molecule has 0 unspecified atom stereocenters. The number of hydrogen-bond acceptors (Lipinski definition) is 0. The van der Waals surface area contributed by atoms with Crippen LogP contribution in [-0.2, 0) is 0 Å². The Bertz CT molecular complexity index is 3170. The first-order valence-electron chi connectivity index (χ1n) is 19.0. The van der Waals surface area contributed by atoms with Gasteiger partial charge in [0.1, 0.15) is 0 Å². The standard InChI is InChI=1S/C54H35N/c1-3-11-36(12-4-1)38-23-25-39(26-24-38)41-16-8-17-42(32-41)43-18-9-20-45(33-43)47-28-30-53-51(35-47)49-22-10-21-48-50-34-46(27-29-52(50)55(53)54(48)49)44-19-7-15-40(31-44)37-13-5-2-6-14-37/h1-35H. The van der Waals surface area contributed by atoms with Gasteiger partial charge in [-0.1, -0.05) is 170 Å². The van der Waals surface area contributed by atoms with Crippen molar-refractivity contribution in [1.29, 1.82) is 0 Å². The maximum atomic E-state index is 2.47. The van der Waals surface area contributed by atoms with Crippen molar-refractivity contribution in [3.05, 3.63) is 212 Å². The smallest absolute Gasteiger partial charge is 0.0620 e. The van der Waals surface area contributed by atoms with Crippen LogP contribution in [0.2, 0.25) is 0 Å². The molecule has 2 aromatic heterocycles. The van der Waals surface area contributed by atoms with Gasteiger partial charge in [-0.2, -0.15) is 0 Å². The van der Waals surface area contributed by atoms with Crippen LogP contribution in [-0.4, -0.2) is 4.40 Å². The number of aromatic nitrogens is 1. The summed E-state index contributed by atoms with van der Waals surface area (Å²) < 4.78 is 2.47. The number of benzene rings is 9. The van der Waals surface area contributed by atoms with Crippen molar-refractivity contribution in [1.82, 2.24) is 4.40 Å². The molecule has 0 aliphatic heterocycles. The van der Waals surface area contributed by atoms with Gasteiger partial charge in [-0.05, 0) is 109 Å². The van der Waals surface area contributed by atoms with Gasteiger partial charge in [0, 0.05) is 21.5 Å². The molecule has 0 aliphatic rings. The Morgan fingerprint density at radius 1 is 0.200 bits per heavy atom. The van der Waals surface area contributed by atoms with E-state index in [9.17, 15) is 0 Å². The SMILES string of the molecule is c1ccc(-c2ccc(-c3cccc(-c4cccc(-c5ccc6c(c5)c5cccc7c8cc(-c9cccc(-c%10ccccc%10)c9)ccc8n6c75)c4)c3)cc2)cc1. The highest BCUT2D eigenvalue weighted by Gasteiger charge is 2.18. The van der Waals surface area contributed by atoms with Gasteiger partial charge in [-0.25, -0.2) is 0 Å². The summed E-state index contributed by atoms with van der Waals surface area (Å²) in [6.45, 7) is 0. The van der Waals surface area contributed by atoms with Gasteiger partial charge < -0.3 is 4.40 Å². The number of hydrogen-bond donors (Lipinski definition) is 0. The minimum absolute atomic E-state index is 1.21. The summed E-state index contributed by atoms with van der Waals surface area (Å²) in [7, 11) is 0. The lowest BCUT2D eigenvalue weighted by Crippen LogP contribution is -1.85. The Kier molecular flexibility index (Phi) is 7.25. The van der Waals surface area contributed by atoms with Gasteiger partial charge >= 0.3 is 0 Å². The van der Waals surface area contributed by atoms with Crippen molar-refractivity contribution in [2.45, 2.75) is 0 Å². The van der Waals surface area contributed by atoms with Crippen molar-refractivity contribution >= 4 is 38.1 Å². The van der Waals surface area contributed by atoms with Gasteiger partial charge in [0.15, 0.2) is 0 Å². The molecule has 0 saturated heterocycles. The number of fused-ring (bicyclic) bond motifs is 6. The predicted molar refractivity (Wildman–Crippen MR) is 234 cm³/mol. The molecule has 55 heavy (non-hydrogen) atoms. The Labute approximate surface area is 320 Å². The van der Waals surface area contributed by atoms with Crippen LogP contribution in [0.1, 0.15) is 0 Å². The van der Waals surface area contributed by atoms with Gasteiger partial charge in [-0.3, -0.25) is 0 Å². The number of nitrogens with zero attached hydrogens (tertiary/aromatic N) is 1. The van der Waals surface area contributed by atoms with Crippen molar-refractivity contribution < 1.29 is 0 Å². The van der Waals surface area contributed by atoms with Gasteiger partial charge in [0.05, 0.1) is 16.6 Å². The maximum absolute atomic E-state index is 2.47. The van der Waals surface area contributed by atoms with E-state index >= 15 is 0 Å². The second-order valence-electron chi connectivity index (χ2n) is 14.6. The van der Waals surface area contributed by atoms with E-state index in [0.29, 0.717) is 0 Å². The molecule has 0 radical (unpaired) electrons. The molecule has 0 spiro atoms. The van der Waals surface area contributed by atoms with Crippen LogP contribution in [0, 0.1) is 0 Å². The van der Waals surface area contributed by atoms with Gasteiger partial charge in [-0.15, -0.1) is 0 Å². The largest absolute Gasteiger partial charge is 0.308 e.